The largest absolute Gasteiger partial charge is 0.481 e. The fraction of sp³-hybridized carbons (Fsp3) is 0.500. The molecule has 5 nitrogen and oxygen atoms in total. The van der Waals surface area contributed by atoms with Gasteiger partial charge in [0.25, 0.3) is 0 Å². The maximum absolute atomic E-state index is 12.1. The number of rotatable bonds is 6. The first-order valence-electron chi connectivity index (χ1n) is 7.23. The number of carboxylic acid groups (broad SMARTS) is 1. The van der Waals surface area contributed by atoms with Gasteiger partial charge in [-0.25, -0.2) is 0 Å². The number of nitrogens with zero attached hydrogens (tertiary/aromatic N) is 1. The molecule has 0 spiro atoms. The van der Waals surface area contributed by atoms with Gasteiger partial charge in [0.2, 0.25) is 5.91 Å². The maximum atomic E-state index is 12.1. The molecule has 1 aliphatic heterocycles. The smallest absolute Gasteiger partial charge is 0.308 e. The molecule has 0 radical (unpaired) electrons. The van der Waals surface area contributed by atoms with Crippen LogP contribution in [0.4, 0.5) is 0 Å². The Morgan fingerprint density at radius 1 is 1.33 bits per heavy atom. The van der Waals surface area contributed by atoms with Crippen LogP contribution in [0.5, 0.6) is 0 Å². The molecule has 0 aliphatic carbocycles. The quantitative estimate of drug-likeness (QED) is 0.813. The summed E-state index contributed by atoms with van der Waals surface area (Å²) >= 11 is 0. The summed E-state index contributed by atoms with van der Waals surface area (Å²) in [6, 6.07) is 9.55. The molecule has 0 bridgehead atoms. The van der Waals surface area contributed by atoms with Crippen LogP contribution in [0.2, 0.25) is 0 Å². The van der Waals surface area contributed by atoms with E-state index in [1.807, 2.05) is 30.3 Å². The average molecular weight is 291 g/mol. The van der Waals surface area contributed by atoms with Crippen LogP contribution in [0, 0.1) is 5.92 Å². The Morgan fingerprint density at radius 2 is 2.05 bits per heavy atom. The van der Waals surface area contributed by atoms with E-state index in [0.29, 0.717) is 32.6 Å². The molecule has 0 aromatic heterocycles. The number of aliphatic carboxylic acids is 1. The topological polar surface area (TPSA) is 66.8 Å². The third-order valence-electron chi connectivity index (χ3n) is 3.96. The van der Waals surface area contributed by atoms with Crippen molar-refractivity contribution in [2.45, 2.75) is 32.4 Å². The van der Waals surface area contributed by atoms with E-state index >= 15 is 0 Å². The molecule has 1 fully saturated rings. The van der Waals surface area contributed by atoms with Crippen LogP contribution < -0.4 is 0 Å². The predicted molar refractivity (Wildman–Crippen MR) is 77.6 cm³/mol. The molecule has 1 heterocycles. The van der Waals surface area contributed by atoms with Crippen LogP contribution >= 0.6 is 0 Å². The molecular weight excluding hydrogens is 270 g/mol. The highest BCUT2D eigenvalue weighted by atomic mass is 16.5. The van der Waals surface area contributed by atoms with Gasteiger partial charge in [-0.15, -0.1) is 0 Å². The zero-order valence-electron chi connectivity index (χ0n) is 12.2. The summed E-state index contributed by atoms with van der Waals surface area (Å²) in [5, 5.41) is 9.06. The van der Waals surface area contributed by atoms with Gasteiger partial charge in [0, 0.05) is 12.6 Å². The minimum Gasteiger partial charge on any atom is -0.481 e. The maximum Gasteiger partial charge on any atom is 0.308 e. The molecule has 1 aromatic carbocycles. The zero-order chi connectivity index (χ0) is 15.2. The minimum absolute atomic E-state index is 0.0284. The lowest BCUT2D eigenvalue weighted by Gasteiger charge is -2.23. The summed E-state index contributed by atoms with van der Waals surface area (Å²) < 4.78 is 5.50. The van der Waals surface area contributed by atoms with Gasteiger partial charge in [0.15, 0.2) is 0 Å². The van der Waals surface area contributed by atoms with Gasteiger partial charge in [0.1, 0.15) is 0 Å². The summed E-state index contributed by atoms with van der Waals surface area (Å²) in [5.74, 6) is -1.29. The number of benzene rings is 1. The van der Waals surface area contributed by atoms with Crippen molar-refractivity contribution in [1.29, 1.82) is 0 Å². The van der Waals surface area contributed by atoms with E-state index in [0.717, 1.165) is 5.56 Å². The van der Waals surface area contributed by atoms with E-state index < -0.39 is 11.9 Å². The summed E-state index contributed by atoms with van der Waals surface area (Å²) in [5.41, 5.74) is 1.07. The highest BCUT2D eigenvalue weighted by molar-refractivity contribution is 5.79. The Bertz CT molecular complexity index is 488. The summed E-state index contributed by atoms with van der Waals surface area (Å²) in [4.78, 5) is 24.8. The number of carbonyl (C=O) groups is 2. The standard InChI is InChI=1S/C16H21NO4/c1-12-14(16(19)20)7-9-17(12)15(18)8-10-21-11-13-5-3-2-4-6-13/h2-6,12,14H,7-11H2,1H3,(H,19,20). The highest BCUT2D eigenvalue weighted by Gasteiger charge is 2.37. The third-order valence-corrected chi connectivity index (χ3v) is 3.96. The second-order valence-electron chi connectivity index (χ2n) is 5.35. The first-order chi connectivity index (χ1) is 10.1. The van der Waals surface area contributed by atoms with Crippen molar-refractivity contribution in [3.8, 4) is 0 Å². The number of hydrogen-bond acceptors (Lipinski definition) is 3. The van der Waals surface area contributed by atoms with Gasteiger partial charge in [0.05, 0.1) is 25.6 Å². The van der Waals surface area contributed by atoms with Crippen LogP contribution in [0.25, 0.3) is 0 Å². The monoisotopic (exact) mass is 291 g/mol. The van der Waals surface area contributed by atoms with E-state index in [1.54, 1.807) is 11.8 Å². The number of carbonyl (C=O) groups excluding carboxylic acids is 1. The first kappa shape index (κ1) is 15.5. The Balaban J connectivity index is 1.72. The van der Waals surface area contributed by atoms with Crippen LogP contribution in [-0.4, -0.2) is 41.1 Å². The molecule has 2 unspecified atom stereocenters. The van der Waals surface area contributed by atoms with E-state index in [2.05, 4.69) is 0 Å². The lowest BCUT2D eigenvalue weighted by atomic mass is 10.0. The molecule has 5 heteroatoms. The zero-order valence-corrected chi connectivity index (χ0v) is 12.2. The van der Waals surface area contributed by atoms with Crippen molar-refractivity contribution in [2.24, 2.45) is 5.92 Å². The number of ether oxygens (including phenoxy) is 1. The van der Waals surface area contributed by atoms with Crippen molar-refractivity contribution < 1.29 is 19.4 Å². The predicted octanol–water partition coefficient (Wildman–Crippen LogP) is 1.91. The van der Waals surface area contributed by atoms with Gasteiger partial charge in [-0.05, 0) is 18.9 Å². The van der Waals surface area contributed by atoms with Crippen molar-refractivity contribution in [3.63, 3.8) is 0 Å². The molecule has 1 amide bonds. The van der Waals surface area contributed by atoms with Crippen molar-refractivity contribution in [1.82, 2.24) is 4.90 Å². The molecule has 2 atom stereocenters. The number of likely N-dealkylation sites (tertiary alicyclic amines) is 1. The van der Waals surface area contributed by atoms with E-state index in [4.69, 9.17) is 9.84 Å². The Labute approximate surface area is 124 Å². The van der Waals surface area contributed by atoms with Crippen molar-refractivity contribution in [3.05, 3.63) is 35.9 Å². The van der Waals surface area contributed by atoms with Gasteiger partial charge in [-0.2, -0.15) is 0 Å². The second-order valence-corrected chi connectivity index (χ2v) is 5.35. The van der Waals surface area contributed by atoms with Crippen LogP contribution in [-0.2, 0) is 20.9 Å². The summed E-state index contributed by atoms with van der Waals surface area (Å²) in [6.45, 7) is 3.17. The Morgan fingerprint density at radius 3 is 2.67 bits per heavy atom. The molecule has 0 saturated carbocycles. The minimum atomic E-state index is -0.821. The van der Waals surface area contributed by atoms with E-state index in [9.17, 15) is 9.59 Å². The molecule has 21 heavy (non-hydrogen) atoms. The lowest BCUT2D eigenvalue weighted by Crippen LogP contribution is -2.38. The fourth-order valence-electron chi connectivity index (χ4n) is 2.69. The molecule has 114 valence electrons. The molecule has 2 rings (SSSR count). The third kappa shape index (κ3) is 4.04. The van der Waals surface area contributed by atoms with Crippen LogP contribution in [0.3, 0.4) is 0 Å². The summed E-state index contributed by atoms with van der Waals surface area (Å²) in [6.07, 6.45) is 0.830. The average Bonchev–Trinajstić information content (AvgIpc) is 2.86. The van der Waals surface area contributed by atoms with Crippen LogP contribution in [0.15, 0.2) is 30.3 Å². The van der Waals surface area contributed by atoms with Gasteiger partial charge in [-0.3, -0.25) is 9.59 Å². The molecule has 1 N–H and O–H groups in total. The Hall–Kier alpha value is -1.88. The molecular formula is C16H21NO4. The molecule has 1 aromatic rings. The van der Waals surface area contributed by atoms with Crippen molar-refractivity contribution in [2.75, 3.05) is 13.2 Å². The van der Waals surface area contributed by atoms with Gasteiger partial charge < -0.3 is 14.7 Å². The first-order valence-corrected chi connectivity index (χ1v) is 7.23. The second kappa shape index (κ2) is 7.22. The molecule has 1 aliphatic rings. The lowest BCUT2D eigenvalue weighted by molar-refractivity contribution is -0.143. The number of amides is 1. The van der Waals surface area contributed by atoms with Gasteiger partial charge >= 0.3 is 5.97 Å². The van der Waals surface area contributed by atoms with E-state index in [1.165, 1.54) is 0 Å². The van der Waals surface area contributed by atoms with Crippen molar-refractivity contribution >= 4 is 11.9 Å². The number of carboxylic acids is 1. The Kier molecular flexibility index (Phi) is 5.33. The van der Waals surface area contributed by atoms with Gasteiger partial charge in [-0.1, -0.05) is 30.3 Å². The number of hydrogen-bond donors (Lipinski definition) is 1. The highest BCUT2D eigenvalue weighted by Crippen LogP contribution is 2.24. The normalized spacial score (nSPS) is 21.5. The summed E-state index contributed by atoms with van der Waals surface area (Å²) in [7, 11) is 0. The van der Waals surface area contributed by atoms with E-state index in [-0.39, 0.29) is 11.9 Å². The van der Waals surface area contributed by atoms with Crippen LogP contribution in [0.1, 0.15) is 25.3 Å². The fourth-order valence-corrected chi connectivity index (χ4v) is 2.69. The SMILES string of the molecule is CC1C(C(=O)O)CCN1C(=O)CCOCc1ccccc1. The molecule has 1 saturated heterocycles.